The first-order chi connectivity index (χ1) is 11.4. The van der Waals surface area contributed by atoms with Gasteiger partial charge in [0.25, 0.3) is 5.91 Å². The third-order valence-electron chi connectivity index (χ3n) is 3.95. The second kappa shape index (κ2) is 6.08. The van der Waals surface area contributed by atoms with Gasteiger partial charge in [0.1, 0.15) is 11.5 Å². The Morgan fingerprint density at radius 1 is 1.46 bits per heavy atom. The van der Waals surface area contributed by atoms with Gasteiger partial charge in [-0.3, -0.25) is 9.36 Å². The first kappa shape index (κ1) is 16.8. The average molecular weight is 410 g/mol. The molecule has 0 saturated heterocycles. The predicted molar refractivity (Wildman–Crippen MR) is 97.4 cm³/mol. The highest BCUT2D eigenvalue weighted by Crippen LogP contribution is 2.36. The van der Waals surface area contributed by atoms with Crippen molar-refractivity contribution < 1.29 is 9.90 Å². The molecule has 6 nitrogen and oxygen atoms in total. The van der Waals surface area contributed by atoms with Crippen molar-refractivity contribution in [3.05, 3.63) is 50.6 Å². The molecule has 8 heteroatoms. The average Bonchev–Trinajstić information content (AvgIpc) is 2.79. The van der Waals surface area contributed by atoms with Crippen molar-refractivity contribution >= 4 is 50.3 Å². The molecular weight excluding hydrogens is 396 g/mol. The summed E-state index contributed by atoms with van der Waals surface area (Å²) in [6.07, 6.45) is 1.48. The van der Waals surface area contributed by atoms with E-state index < -0.39 is 5.91 Å². The molecule has 3 aromatic rings. The van der Waals surface area contributed by atoms with Crippen LogP contribution in [0.15, 0.2) is 28.9 Å². The molecule has 24 heavy (non-hydrogen) atoms. The van der Waals surface area contributed by atoms with E-state index in [2.05, 4.69) is 20.9 Å². The summed E-state index contributed by atoms with van der Waals surface area (Å²) >= 11 is 9.51. The Bertz CT molecular complexity index is 984. The van der Waals surface area contributed by atoms with E-state index in [4.69, 9.17) is 23.1 Å². The van der Waals surface area contributed by atoms with Gasteiger partial charge in [0.15, 0.2) is 0 Å². The number of halogens is 2. The lowest BCUT2D eigenvalue weighted by Gasteiger charge is -2.15. The van der Waals surface area contributed by atoms with Crippen LogP contribution in [0, 0.1) is 6.92 Å². The van der Waals surface area contributed by atoms with Crippen molar-refractivity contribution in [2.45, 2.75) is 13.5 Å². The molecule has 0 saturated carbocycles. The Morgan fingerprint density at radius 2 is 2.17 bits per heavy atom. The quantitative estimate of drug-likeness (QED) is 0.618. The maximum atomic E-state index is 11.9. The van der Waals surface area contributed by atoms with Gasteiger partial charge in [-0.15, -0.1) is 0 Å². The zero-order valence-electron chi connectivity index (χ0n) is 12.7. The van der Waals surface area contributed by atoms with Crippen molar-refractivity contribution in [2.24, 2.45) is 5.73 Å². The van der Waals surface area contributed by atoms with Crippen LogP contribution in [0.4, 0.5) is 5.82 Å². The second-order valence-corrected chi connectivity index (χ2v) is 6.61. The number of aliphatic hydroxyl groups excluding tert-OH is 1. The summed E-state index contributed by atoms with van der Waals surface area (Å²) in [5.41, 5.74) is 14.6. The van der Waals surface area contributed by atoms with E-state index >= 15 is 0 Å². The van der Waals surface area contributed by atoms with Gasteiger partial charge in [-0.1, -0.05) is 17.7 Å². The number of amides is 1. The molecule has 124 valence electrons. The number of anilines is 1. The molecule has 0 bridgehead atoms. The molecule has 1 aromatic carbocycles. The molecule has 2 aromatic heterocycles. The molecule has 0 atom stereocenters. The van der Waals surface area contributed by atoms with Crippen molar-refractivity contribution in [3.8, 4) is 5.69 Å². The van der Waals surface area contributed by atoms with Crippen LogP contribution in [0.3, 0.4) is 0 Å². The molecule has 0 unspecified atom stereocenters. The minimum atomic E-state index is -0.660. The van der Waals surface area contributed by atoms with Gasteiger partial charge in [-0.05, 0) is 46.1 Å². The lowest BCUT2D eigenvalue weighted by Crippen LogP contribution is -2.14. The number of primary amides is 1. The number of benzene rings is 1. The zero-order valence-corrected chi connectivity index (χ0v) is 15.0. The Labute approximate surface area is 151 Å². The largest absolute Gasteiger partial charge is 0.392 e. The van der Waals surface area contributed by atoms with Crippen LogP contribution < -0.4 is 11.5 Å². The molecule has 0 aliphatic carbocycles. The van der Waals surface area contributed by atoms with Gasteiger partial charge in [0, 0.05) is 16.1 Å². The first-order valence-electron chi connectivity index (χ1n) is 7.01. The standard InChI is InChI=1S/C16H14BrClN4O2/c1-7-8(6-23)2-3-11(17)13(7)22-14(19)12(15(20)24)10-4-9(18)5-21-16(10)22/h2-5,23H,6,19H2,1H3,(H2,20,24). The van der Waals surface area contributed by atoms with E-state index in [1.54, 1.807) is 16.7 Å². The van der Waals surface area contributed by atoms with Gasteiger partial charge in [0.05, 0.1) is 22.9 Å². The van der Waals surface area contributed by atoms with Crippen LogP contribution in [-0.4, -0.2) is 20.6 Å². The summed E-state index contributed by atoms with van der Waals surface area (Å²) in [4.78, 5) is 16.2. The van der Waals surface area contributed by atoms with Crippen LogP contribution in [0.1, 0.15) is 21.5 Å². The van der Waals surface area contributed by atoms with Crippen molar-refractivity contribution in [1.29, 1.82) is 0 Å². The maximum Gasteiger partial charge on any atom is 0.253 e. The number of aromatic nitrogens is 2. The molecule has 2 heterocycles. The maximum absolute atomic E-state index is 11.9. The van der Waals surface area contributed by atoms with E-state index in [1.165, 1.54) is 6.20 Å². The first-order valence-corrected chi connectivity index (χ1v) is 8.18. The normalized spacial score (nSPS) is 11.2. The van der Waals surface area contributed by atoms with Gasteiger partial charge >= 0.3 is 0 Å². The Balaban J connectivity index is 2.49. The fraction of sp³-hybridized carbons (Fsp3) is 0.125. The van der Waals surface area contributed by atoms with Crippen LogP contribution in [0.2, 0.25) is 5.02 Å². The predicted octanol–water partition coefficient (Wildman–Crippen LogP) is 2.92. The topological polar surface area (TPSA) is 107 Å². The highest BCUT2D eigenvalue weighted by molar-refractivity contribution is 9.10. The summed E-state index contributed by atoms with van der Waals surface area (Å²) in [6, 6.07) is 5.22. The van der Waals surface area contributed by atoms with Crippen LogP contribution in [0.25, 0.3) is 16.7 Å². The molecule has 3 rings (SSSR count). The third kappa shape index (κ3) is 2.45. The summed E-state index contributed by atoms with van der Waals surface area (Å²) in [6.45, 7) is 1.74. The van der Waals surface area contributed by atoms with Crippen LogP contribution in [0.5, 0.6) is 0 Å². The van der Waals surface area contributed by atoms with Gasteiger partial charge in [-0.25, -0.2) is 4.98 Å². The van der Waals surface area contributed by atoms with Gasteiger partial charge in [0.2, 0.25) is 0 Å². The zero-order chi connectivity index (χ0) is 17.6. The molecule has 0 radical (unpaired) electrons. The number of nitrogen functional groups attached to an aromatic ring is 1. The molecule has 0 aliphatic rings. The monoisotopic (exact) mass is 408 g/mol. The summed E-state index contributed by atoms with van der Waals surface area (Å²) in [5, 5.41) is 10.4. The number of hydrogen-bond donors (Lipinski definition) is 3. The second-order valence-electron chi connectivity index (χ2n) is 5.32. The van der Waals surface area contributed by atoms with Crippen molar-refractivity contribution in [1.82, 2.24) is 9.55 Å². The number of carbonyl (C=O) groups excluding carboxylic acids is 1. The van der Waals surface area contributed by atoms with Crippen LogP contribution >= 0.6 is 27.5 Å². The molecular formula is C16H14BrClN4O2. The molecule has 0 fully saturated rings. The number of nitrogens with zero attached hydrogens (tertiary/aromatic N) is 2. The van der Waals surface area contributed by atoms with Crippen LogP contribution in [-0.2, 0) is 6.61 Å². The molecule has 1 amide bonds. The summed E-state index contributed by atoms with van der Waals surface area (Å²) in [5.74, 6) is -0.487. The van der Waals surface area contributed by atoms with E-state index in [1.807, 2.05) is 13.0 Å². The van der Waals surface area contributed by atoms with Gasteiger partial charge in [-0.2, -0.15) is 0 Å². The Kier molecular flexibility index (Phi) is 4.25. The highest BCUT2D eigenvalue weighted by atomic mass is 79.9. The number of aliphatic hydroxyl groups is 1. The Hall–Kier alpha value is -2.09. The molecule has 0 aliphatic heterocycles. The number of nitrogens with two attached hydrogens (primary N) is 2. The Morgan fingerprint density at radius 3 is 2.79 bits per heavy atom. The number of pyridine rings is 1. The lowest BCUT2D eigenvalue weighted by molar-refractivity contribution is 0.100. The number of carbonyl (C=O) groups is 1. The van der Waals surface area contributed by atoms with Crippen molar-refractivity contribution in [3.63, 3.8) is 0 Å². The summed E-state index contributed by atoms with van der Waals surface area (Å²) < 4.78 is 2.39. The van der Waals surface area contributed by atoms with E-state index in [0.717, 1.165) is 15.6 Å². The fourth-order valence-electron chi connectivity index (χ4n) is 2.80. The number of hydrogen-bond acceptors (Lipinski definition) is 4. The molecule has 0 spiro atoms. The van der Waals surface area contributed by atoms with E-state index in [-0.39, 0.29) is 18.0 Å². The van der Waals surface area contributed by atoms with Gasteiger partial charge < -0.3 is 16.6 Å². The van der Waals surface area contributed by atoms with E-state index in [9.17, 15) is 9.90 Å². The van der Waals surface area contributed by atoms with Crippen molar-refractivity contribution in [2.75, 3.05) is 5.73 Å². The SMILES string of the molecule is Cc1c(CO)ccc(Br)c1-n1c(N)c(C(N)=O)c2cc(Cl)cnc21. The lowest BCUT2D eigenvalue weighted by atomic mass is 10.1. The highest BCUT2D eigenvalue weighted by Gasteiger charge is 2.24. The third-order valence-corrected chi connectivity index (χ3v) is 4.79. The minimum Gasteiger partial charge on any atom is -0.392 e. The minimum absolute atomic E-state index is 0.118. The fourth-order valence-corrected chi connectivity index (χ4v) is 3.56. The summed E-state index contributed by atoms with van der Waals surface area (Å²) in [7, 11) is 0. The molecule has 5 N–H and O–H groups in total. The smallest absolute Gasteiger partial charge is 0.253 e. The number of rotatable bonds is 3. The van der Waals surface area contributed by atoms with E-state index in [0.29, 0.717) is 21.7 Å². The number of fused-ring (bicyclic) bond motifs is 1.